The molecule has 3 atom stereocenters. The van der Waals surface area contributed by atoms with Crippen molar-refractivity contribution < 1.29 is 0 Å². The smallest absolute Gasteiger partial charge is 0.00417 e. The van der Waals surface area contributed by atoms with Crippen LogP contribution < -0.4 is 5.32 Å². The van der Waals surface area contributed by atoms with Gasteiger partial charge in [0.05, 0.1) is 0 Å². The lowest BCUT2D eigenvalue weighted by Crippen LogP contribution is -2.40. The van der Waals surface area contributed by atoms with Crippen LogP contribution in [0.15, 0.2) is 30.3 Å². The van der Waals surface area contributed by atoms with Crippen molar-refractivity contribution >= 4 is 0 Å². The third-order valence-corrected chi connectivity index (χ3v) is 3.33. The van der Waals surface area contributed by atoms with E-state index in [4.69, 9.17) is 0 Å². The van der Waals surface area contributed by atoms with Crippen LogP contribution in [0.3, 0.4) is 0 Å². The monoisotopic (exact) mass is 249 g/mol. The molecule has 0 aromatic heterocycles. The molecular formula is C17H31N. The molecule has 0 bridgehead atoms. The zero-order valence-electron chi connectivity index (χ0n) is 13.0. The first kappa shape index (κ1) is 17.2. The summed E-state index contributed by atoms with van der Waals surface area (Å²) in [7, 11) is 0. The van der Waals surface area contributed by atoms with E-state index in [1.807, 2.05) is 27.7 Å². The van der Waals surface area contributed by atoms with Gasteiger partial charge < -0.3 is 5.32 Å². The Balaban J connectivity index is 0.000000659. The molecule has 104 valence electrons. The second kappa shape index (κ2) is 10.1. The van der Waals surface area contributed by atoms with Gasteiger partial charge >= 0.3 is 0 Å². The number of hydrogen-bond donors (Lipinski definition) is 1. The fraction of sp³-hybridized carbons (Fsp3) is 0.647. The van der Waals surface area contributed by atoms with Crippen molar-refractivity contribution in [3.05, 3.63) is 35.9 Å². The van der Waals surface area contributed by atoms with Crippen LogP contribution in [0.5, 0.6) is 0 Å². The summed E-state index contributed by atoms with van der Waals surface area (Å²) in [4.78, 5) is 0. The quantitative estimate of drug-likeness (QED) is 0.751. The molecule has 0 spiro atoms. The largest absolute Gasteiger partial charge is 0.314 e. The molecule has 0 radical (unpaired) electrons. The Bertz CT molecular complexity index is 281. The summed E-state index contributed by atoms with van der Waals surface area (Å²) >= 11 is 0. The molecule has 1 saturated heterocycles. The van der Waals surface area contributed by atoms with Gasteiger partial charge in [0.25, 0.3) is 0 Å². The van der Waals surface area contributed by atoms with E-state index in [1.165, 1.54) is 12.0 Å². The van der Waals surface area contributed by atoms with Gasteiger partial charge in [0, 0.05) is 12.6 Å². The lowest BCUT2D eigenvalue weighted by molar-refractivity contribution is 0.294. The molecule has 0 aliphatic carbocycles. The SMILES string of the molecule is CC.CC.CC1CC(C)C(c2ccccc2)CN1. The highest BCUT2D eigenvalue weighted by Crippen LogP contribution is 2.30. The molecule has 1 fully saturated rings. The lowest BCUT2D eigenvalue weighted by Gasteiger charge is -2.34. The standard InChI is InChI=1S/C13H19N.2C2H6/c1-10-8-11(2)14-9-13(10)12-6-4-3-5-7-12;2*1-2/h3-7,10-11,13-14H,8-9H2,1-2H3;2*1-2H3. The van der Waals surface area contributed by atoms with E-state index in [2.05, 4.69) is 49.5 Å². The van der Waals surface area contributed by atoms with Gasteiger partial charge in [-0.05, 0) is 30.7 Å². The minimum atomic E-state index is 0.685. The Hall–Kier alpha value is -0.820. The van der Waals surface area contributed by atoms with Gasteiger partial charge in [0.2, 0.25) is 0 Å². The van der Waals surface area contributed by atoms with Crippen molar-refractivity contribution in [3.63, 3.8) is 0 Å². The van der Waals surface area contributed by atoms with Crippen LogP contribution in [-0.2, 0) is 0 Å². The summed E-state index contributed by atoms with van der Waals surface area (Å²) < 4.78 is 0. The van der Waals surface area contributed by atoms with Crippen molar-refractivity contribution in [3.8, 4) is 0 Å². The third-order valence-electron chi connectivity index (χ3n) is 3.33. The van der Waals surface area contributed by atoms with E-state index in [-0.39, 0.29) is 0 Å². The van der Waals surface area contributed by atoms with Crippen LogP contribution in [0.25, 0.3) is 0 Å². The highest BCUT2D eigenvalue weighted by molar-refractivity contribution is 5.21. The molecule has 2 rings (SSSR count). The maximum absolute atomic E-state index is 3.56. The maximum atomic E-state index is 3.56. The minimum absolute atomic E-state index is 0.685. The van der Waals surface area contributed by atoms with Crippen LogP contribution in [0.1, 0.15) is 59.4 Å². The van der Waals surface area contributed by atoms with Gasteiger partial charge in [0.15, 0.2) is 0 Å². The average molecular weight is 249 g/mol. The summed E-state index contributed by atoms with van der Waals surface area (Å²) in [5.74, 6) is 1.50. The molecule has 18 heavy (non-hydrogen) atoms. The predicted molar refractivity (Wildman–Crippen MR) is 83.1 cm³/mol. The molecule has 1 aromatic carbocycles. The van der Waals surface area contributed by atoms with Crippen molar-refractivity contribution in [2.45, 2.75) is 59.9 Å². The lowest BCUT2D eigenvalue weighted by atomic mass is 9.80. The molecule has 0 amide bonds. The molecule has 1 heterocycles. The van der Waals surface area contributed by atoms with Crippen LogP contribution >= 0.6 is 0 Å². The Labute approximate surface area is 114 Å². The molecule has 1 aliphatic heterocycles. The van der Waals surface area contributed by atoms with Gasteiger partial charge in [-0.15, -0.1) is 0 Å². The highest BCUT2D eigenvalue weighted by atomic mass is 14.9. The second-order valence-corrected chi connectivity index (χ2v) is 4.54. The second-order valence-electron chi connectivity index (χ2n) is 4.54. The Morgan fingerprint density at radius 3 is 2.00 bits per heavy atom. The Kier molecular flexibility index (Phi) is 9.67. The van der Waals surface area contributed by atoms with E-state index in [0.717, 1.165) is 12.5 Å². The van der Waals surface area contributed by atoms with Crippen molar-refractivity contribution in [1.82, 2.24) is 5.32 Å². The van der Waals surface area contributed by atoms with E-state index >= 15 is 0 Å². The normalized spacial score (nSPS) is 26.2. The number of piperidine rings is 1. The summed E-state index contributed by atoms with van der Waals surface area (Å²) in [5.41, 5.74) is 1.49. The Morgan fingerprint density at radius 1 is 0.944 bits per heavy atom. The number of nitrogens with one attached hydrogen (secondary N) is 1. The van der Waals surface area contributed by atoms with E-state index in [0.29, 0.717) is 12.0 Å². The molecule has 1 N–H and O–H groups in total. The van der Waals surface area contributed by atoms with Gasteiger partial charge in [-0.3, -0.25) is 0 Å². The predicted octanol–water partition coefficient (Wildman–Crippen LogP) is 4.84. The van der Waals surface area contributed by atoms with E-state index < -0.39 is 0 Å². The van der Waals surface area contributed by atoms with Gasteiger partial charge in [-0.25, -0.2) is 0 Å². The summed E-state index contributed by atoms with van der Waals surface area (Å²) in [6.45, 7) is 13.8. The fourth-order valence-corrected chi connectivity index (χ4v) is 2.48. The van der Waals surface area contributed by atoms with Gasteiger partial charge in [-0.2, -0.15) is 0 Å². The zero-order chi connectivity index (χ0) is 14.0. The van der Waals surface area contributed by atoms with E-state index in [1.54, 1.807) is 0 Å². The number of benzene rings is 1. The first-order valence-electron chi connectivity index (χ1n) is 7.55. The maximum Gasteiger partial charge on any atom is 0.00417 e. The molecule has 3 unspecified atom stereocenters. The summed E-state index contributed by atoms with van der Waals surface area (Å²) in [6, 6.07) is 11.6. The van der Waals surface area contributed by atoms with Gasteiger partial charge in [-0.1, -0.05) is 65.0 Å². The molecular weight excluding hydrogens is 218 g/mol. The van der Waals surface area contributed by atoms with Crippen LogP contribution in [0, 0.1) is 5.92 Å². The van der Waals surface area contributed by atoms with Crippen LogP contribution in [0.4, 0.5) is 0 Å². The van der Waals surface area contributed by atoms with Crippen molar-refractivity contribution in [1.29, 1.82) is 0 Å². The highest BCUT2D eigenvalue weighted by Gasteiger charge is 2.25. The fourth-order valence-electron chi connectivity index (χ4n) is 2.48. The van der Waals surface area contributed by atoms with Crippen molar-refractivity contribution in [2.75, 3.05) is 6.54 Å². The molecule has 1 heteroatoms. The summed E-state index contributed by atoms with van der Waals surface area (Å²) in [5, 5.41) is 3.56. The topological polar surface area (TPSA) is 12.0 Å². The molecule has 1 aromatic rings. The molecule has 0 saturated carbocycles. The first-order valence-corrected chi connectivity index (χ1v) is 7.55. The van der Waals surface area contributed by atoms with Crippen molar-refractivity contribution in [2.24, 2.45) is 5.92 Å². The van der Waals surface area contributed by atoms with E-state index in [9.17, 15) is 0 Å². The van der Waals surface area contributed by atoms with Crippen LogP contribution in [-0.4, -0.2) is 12.6 Å². The average Bonchev–Trinajstić information content (AvgIpc) is 2.44. The zero-order valence-corrected chi connectivity index (χ0v) is 13.0. The first-order chi connectivity index (χ1) is 8.77. The summed E-state index contributed by atoms with van der Waals surface area (Å²) in [6.07, 6.45) is 1.29. The third kappa shape index (κ3) is 5.22. The Morgan fingerprint density at radius 2 is 1.50 bits per heavy atom. The van der Waals surface area contributed by atoms with Crippen LogP contribution in [0.2, 0.25) is 0 Å². The molecule has 1 nitrogen and oxygen atoms in total. The van der Waals surface area contributed by atoms with Gasteiger partial charge in [0.1, 0.15) is 0 Å². The number of hydrogen-bond acceptors (Lipinski definition) is 1. The number of rotatable bonds is 1. The molecule has 1 aliphatic rings. The minimum Gasteiger partial charge on any atom is -0.314 e.